The second-order valence-electron chi connectivity index (χ2n) is 46.7. The van der Waals surface area contributed by atoms with Gasteiger partial charge in [-0.3, -0.25) is 67.7 Å². The van der Waals surface area contributed by atoms with Gasteiger partial charge in [0.25, 0.3) is 0 Å². The number of hydrogen-bond donors (Lipinski definition) is 0. The molecule has 0 aromatic heterocycles. The zero-order chi connectivity index (χ0) is 89.3. The summed E-state index contributed by atoms with van der Waals surface area (Å²) in [6.45, 7) is 36.7. The summed E-state index contributed by atoms with van der Waals surface area (Å²) in [4.78, 5) is 124. The lowest BCUT2D eigenvalue weighted by molar-refractivity contribution is -0.149. The summed E-state index contributed by atoms with van der Waals surface area (Å²) in [6, 6.07) is 4.21. The molecule has 0 aromatic carbocycles. The Morgan fingerprint density at radius 1 is 0.227 bits per heavy atom. The van der Waals surface area contributed by atoms with Crippen LogP contribution in [0.15, 0.2) is 0 Å². The zero-order valence-corrected chi connectivity index (χ0v) is 80.0. The van der Waals surface area contributed by atoms with E-state index in [0.717, 1.165) is 115 Å². The minimum absolute atomic E-state index is 0.00362. The Morgan fingerprint density at radius 2 is 0.445 bits per heavy atom. The third-order valence-electron chi connectivity index (χ3n) is 41.2. The monoisotopic (exact) mass is 1780 g/mol. The molecule has 0 radical (unpaired) electrons. The van der Waals surface area contributed by atoms with E-state index in [1.54, 1.807) is 0 Å². The van der Waals surface area contributed by atoms with Crippen LogP contribution >= 0.6 is 0 Å². The number of rotatable bonds is 9. The van der Waals surface area contributed by atoms with E-state index in [1.165, 1.54) is 122 Å². The van der Waals surface area contributed by atoms with Crippen molar-refractivity contribution in [3.63, 3.8) is 0 Å². The Labute approximate surface area is 763 Å². The predicted molar refractivity (Wildman–Crippen MR) is 476 cm³/mol. The molecule has 5 aliphatic carbocycles. The highest BCUT2D eigenvalue weighted by Crippen LogP contribution is 2.65. The molecule has 24 aliphatic rings. The van der Waals surface area contributed by atoms with Crippen molar-refractivity contribution in [3.05, 3.63) is 0 Å². The number of nitrogens with zero attached hydrogens (tertiary/aromatic N) is 5. The van der Waals surface area contributed by atoms with E-state index in [1.807, 2.05) is 27.7 Å². The van der Waals surface area contributed by atoms with Gasteiger partial charge in [-0.2, -0.15) is 0 Å². The van der Waals surface area contributed by atoms with Crippen LogP contribution in [0, 0.1) is 172 Å². The van der Waals surface area contributed by atoms with Crippen LogP contribution in [-0.4, -0.2) is 227 Å². The number of ether oxygens (including phenoxy) is 9. The van der Waals surface area contributed by atoms with E-state index >= 15 is 0 Å². The van der Waals surface area contributed by atoms with E-state index in [4.69, 9.17) is 42.6 Å². The highest BCUT2D eigenvalue weighted by atomic mass is 16.6. The number of carbonyl (C=O) groups is 9. The van der Waals surface area contributed by atoms with Gasteiger partial charge < -0.3 is 42.6 Å². The first-order valence-corrected chi connectivity index (χ1v) is 53.4. The highest BCUT2D eigenvalue weighted by molar-refractivity contribution is 5.79. The van der Waals surface area contributed by atoms with E-state index in [0.29, 0.717) is 161 Å². The lowest BCUT2D eigenvalue weighted by atomic mass is 9.60. The molecule has 0 unspecified atom stereocenters. The van der Waals surface area contributed by atoms with Crippen LogP contribution < -0.4 is 0 Å². The summed E-state index contributed by atoms with van der Waals surface area (Å²) in [5.74, 6) is 10.5. The van der Waals surface area contributed by atoms with E-state index in [2.05, 4.69) is 93.7 Å². The molecule has 19 aliphatic heterocycles. The molecular weight excluding hydrogens is 1620 g/mol. The average molecular weight is 1780 g/mol. The Morgan fingerprint density at radius 3 is 0.664 bits per heavy atom. The van der Waals surface area contributed by atoms with Gasteiger partial charge >= 0.3 is 53.7 Å². The summed E-state index contributed by atoms with van der Waals surface area (Å²) in [7, 11) is 0. The summed E-state index contributed by atoms with van der Waals surface area (Å²) in [6.07, 6.45) is 34.2. The summed E-state index contributed by atoms with van der Waals surface area (Å²) in [5.41, 5.74) is 0. The Bertz CT molecular complexity index is 3690. The van der Waals surface area contributed by atoms with E-state index in [9.17, 15) is 43.2 Å². The van der Waals surface area contributed by atoms with Gasteiger partial charge in [0.2, 0.25) is 0 Å². The number of cyclic esters (lactones) is 4. The lowest BCUT2D eigenvalue weighted by Gasteiger charge is -2.48. The third-order valence-corrected chi connectivity index (χ3v) is 41.2. The van der Waals surface area contributed by atoms with Crippen molar-refractivity contribution in [2.24, 2.45) is 172 Å². The molecule has 128 heavy (non-hydrogen) atoms. The quantitative estimate of drug-likeness (QED) is 0.154. The molecule has 23 heteroatoms. The van der Waals surface area contributed by atoms with Gasteiger partial charge in [0, 0.05) is 114 Å². The molecule has 24 rings (SSSR count). The Balaban J connectivity index is 0.000000101. The van der Waals surface area contributed by atoms with Crippen molar-refractivity contribution in [2.45, 2.75) is 392 Å². The van der Waals surface area contributed by atoms with Crippen molar-refractivity contribution in [2.75, 3.05) is 39.3 Å². The maximum atomic E-state index is 12.5. The van der Waals surface area contributed by atoms with Crippen molar-refractivity contribution in [1.29, 1.82) is 0 Å². The van der Waals surface area contributed by atoms with Crippen LogP contribution in [0.5, 0.6) is 0 Å². The van der Waals surface area contributed by atoms with Gasteiger partial charge in [-0.1, -0.05) is 129 Å². The fourth-order valence-electron chi connectivity index (χ4n) is 36.0. The smallest absolute Gasteiger partial charge is 0.309 e. The third kappa shape index (κ3) is 15.0. The molecule has 712 valence electrons. The number of carbonyl (C=O) groups excluding carboxylic acids is 9. The first-order chi connectivity index (χ1) is 61.7. The first-order valence-electron chi connectivity index (χ1n) is 53.4. The molecule has 0 aromatic rings. The SMILES string of the molecule is CC[C@@H]1[C@@H]2CCCCN3[C@@H]2[C@@H](C[C@H]3[C@@H]2C[C@H](C)C(=O)O2)[C@H]2[C@@H]1OC(=O)[C@H]2C.CC[C@@H]1[C@H]2CCCCN3CC[C@@H]([C@H]4[C@@H]1OC(=O)[C@H]4C)[C@@H]23.CC[C@@H]1[C@H]2CCCCN3[C@@H]2[C@@H](C[C@H]3[C@@H]2C[C@H](C)C(=O)O2)[C@H]2[C@@H]1OC(=O)[C@H]2C.CC[C@@H]1[C@H]2CCCCN3[C@H]2[C@@H](C[C@H]3[C@@H]2C[C@H](C)C(=O)O2)[C@H]2[C@@H]1OC(=O)[C@H]2C.CC[C@@H]1[C@H]2CCCCN3[C@H]2[C@H](C[C@H]3[C@@H]2C[C@H](C)C(=O)O2)[C@@H]2[C@H]1OC(=O)[C@H]2C. The minimum Gasteiger partial charge on any atom is -0.462 e. The van der Waals surface area contributed by atoms with E-state index in [-0.39, 0.29) is 162 Å². The van der Waals surface area contributed by atoms with Crippen molar-refractivity contribution < 1.29 is 85.8 Å². The van der Waals surface area contributed by atoms with E-state index < -0.39 is 0 Å². The molecular formula is C105H159N5O18. The average Bonchev–Trinajstić information content (AvgIpc) is 1.53. The van der Waals surface area contributed by atoms with Crippen molar-refractivity contribution in [3.8, 4) is 0 Å². The van der Waals surface area contributed by atoms with Crippen LogP contribution in [0.25, 0.3) is 0 Å². The van der Waals surface area contributed by atoms with Crippen LogP contribution in [0.3, 0.4) is 0 Å². The molecule has 19 saturated heterocycles. The topological polar surface area (TPSA) is 253 Å². The van der Waals surface area contributed by atoms with Crippen LogP contribution in [0.2, 0.25) is 0 Å². The maximum Gasteiger partial charge on any atom is 0.309 e. The molecule has 24 fully saturated rings. The van der Waals surface area contributed by atoms with Gasteiger partial charge in [0.1, 0.15) is 54.9 Å². The number of fused-ring (bicyclic) bond motifs is 10. The van der Waals surface area contributed by atoms with Gasteiger partial charge in [0.05, 0.1) is 53.3 Å². The van der Waals surface area contributed by atoms with Gasteiger partial charge in [-0.15, -0.1) is 0 Å². The van der Waals surface area contributed by atoms with Gasteiger partial charge in [-0.25, -0.2) is 0 Å². The maximum absolute atomic E-state index is 12.5. The molecule has 0 N–H and O–H groups in total. The molecule has 47 atom stereocenters. The lowest BCUT2D eigenvalue weighted by Crippen LogP contribution is -2.54. The second-order valence-corrected chi connectivity index (χ2v) is 46.7. The fraction of sp³-hybridized carbons (Fsp3) is 0.914. The molecule has 19 heterocycles. The molecule has 23 nitrogen and oxygen atoms in total. The fourth-order valence-corrected chi connectivity index (χ4v) is 36.0. The van der Waals surface area contributed by atoms with Gasteiger partial charge in [0.15, 0.2) is 0 Å². The number of esters is 9. The van der Waals surface area contributed by atoms with Crippen molar-refractivity contribution >= 4 is 53.7 Å². The first kappa shape index (κ1) is 90.8. The van der Waals surface area contributed by atoms with Gasteiger partial charge in [-0.05, 0) is 253 Å². The van der Waals surface area contributed by atoms with Crippen molar-refractivity contribution in [1.82, 2.24) is 24.5 Å². The largest absolute Gasteiger partial charge is 0.462 e. The molecule has 0 amide bonds. The van der Waals surface area contributed by atoms with Crippen LogP contribution in [0.4, 0.5) is 0 Å². The van der Waals surface area contributed by atoms with Crippen LogP contribution in [0.1, 0.15) is 283 Å². The Kier molecular flexibility index (Phi) is 25.7. The minimum atomic E-state index is -0.0294. The number of hydrogen-bond acceptors (Lipinski definition) is 23. The molecule has 0 bridgehead atoms. The summed E-state index contributed by atoms with van der Waals surface area (Å²) >= 11 is 0. The second kappa shape index (κ2) is 36.3. The standard InChI is InChI=1S/4C22H33NO4.C17H27NO2/c4*1-4-13-14-7-5-6-8-23-16(17-9-11(2)21(24)26-17)10-15(19(14)23)18-12(3)22(25)27-20(13)18;1-3-11-12-6-4-5-8-18-9-7-13(15(12)18)14-10(2)17(19)20-16(11)14/h4*11-20H,4-10H2,1-3H3;10-16H,3-9H2,1-2H3/t11-,12-,13+,14+,15+,16-,17-,18+,19+,20-;11-,12-,13+,14+,15-,16-,17-,18-,19+,20+;11-,12-,13+,14+,15-,16-,17-,18-,19-,20+;11-,12-,13+,14-,15-,16-,17-,18-,19-,20+;10-,11+,12+,13-,14-,15+,16+/m00000/s1. The zero-order valence-electron chi connectivity index (χ0n) is 80.0. The normalized spacial score (nSPS) is 52.0. The molecule has 5 saturated carbocycles. The molecule has 0 spiro atoms. The summed E-state index contributed by atoms with van der Waals surface area (Å²) < 4.78 is 53.1. The highest BCUT2D eigenvalue weighted by Gasteiger charge is 2.70. The predicted octanol–water partition coefficient (Wildman–Crippen LogP) is 14.8. The Hall–Kier alpha value is -4.97. The summed E-state index contributed by atoms with van der Waals surface area (Å²) in [5, 5.41) is 0. The van der Waals surface area contributed by atoms with Crippen LogP contribution in [-0.2, 0) is 85.8 Å².